The Bertz CT molecular complexity index is 33.8. The molecule has 0 aromatic carbocycles. The van der Waals surface area contributed by atoms with Crippen LogP contribution in [-0.2, 0) is 18.6 Å². The third-order valence-corrected chi connectivity index (χ3v) is 0. The molecule has 0 fully saturated rings. The first kappa shape index (κ1) is 17.0. The van der Waals surface area contributed by atoms with E-state index in [1.54, 1.807) is 0 Å². The molecule has 0 saturated heterocycles. The number of carboxylic acid groups (broad SMARTS) is 2. The molecule has 1 radical (unpaired) electrons. The van der Waals surface area contributed by atoms with Crippen molar-refractivity contribution in [2.24, 2.45) is 0 Å². The van der Waals surface area contributed by atoms with Crippen molar-refractivity contribution in [1.82, 2.24) is 6.15 Å². The van der Waals surface area contributed by atoms with E-state index in [9.17, 15) is 0 Å². The molecule has 37 valence electrons. The molecule has 0 heterocycles. The molecule has 5 heteroatoms. The Hall–Kier alpha value is -0.186. The number of hydrogen-bond acceptors (Lipinski definition) is 2. The van der Waals surface area contributed by atoms with Crippen molar-refractivity contribution < 1.29 is 33.6 Å². The largest absolute Gasteiger partial charge is 0.565 e. The van der Waals surface area contributed by atoms with Crippen molar-refractivity contribution in [2.45, 2.75) is 0 Å². The molecule has 0 aliphatic rings. The van der Waals surface area contributed by atoms with Crippen molar-refractivity contribution in [3.05, 3.63) is 0 Å². The molecule has 0 unspecified atom stereocenters. The zero-order valence-electron chi connectivity index (χ0n) is 3.21. The van der Waals surface area contributed by atoms with Crippen molar-refractivity contribution in [2.75, 3.05) is 0 Å². The summed E-state index contributed by atoms with van der Waals surface area (Å²) < 4.78 is 0. The summed E-state index contributed by atoms with van der Waals surface area (Å²) in [6.07, 6.45) is -2.08. The van der Waals surface area contributed by atoms with Gasteiger partial charge in [0.15, 0.2) is 0 Å². The molecule has 0 spiro atoms. The Kier molecular flexibility index (Phi) is 25.1. The molecule has 0 aromatic heterocycles. The number of carbonyl (C=O) groups is 1. The van der Waals surface area contributed by atoms with Gasteiger partial charge in [-0.25, -0.2) is 0 Å². The monoisotopic (exact) mass is 130 g/mol. The van der Waals surface area contributed by atoms with E-state index >= 15 is 0 Å². The van der Waals surface area contributed by atoms with Crippen molar-refractivity contribution in [3.8, 4) is 0 Å². The minimum absolute atomic E-state index is 0. The normalized spacial score (nSPS) is 4.00. The summed E-state index contributed by atoms with van der Waals surface area (Å²) in [5.41, 5.74) is 0. The van der Waals surface area contributed by atoms with Crippen molar-refractivity contribution in [3.63, 3.8) is 0 Å². The maximum atomic E-state index is 8.44. The third-order valence-electron chi connectivity index (χ3n) is 0. The van der Waals surface area contributed by atoms with E-state index in [0.29, 0.717) is 0 Å². The predicted molar refractivity (Wildman–Crippen MR) is 14.0 cm³/mol. The molecule has 5 N–H and O–H groups in total. The van der Waals surface area contributed by atoms with E-state index in [-0.39, 0.29) is 24.7 Å². The molecule has 0 aliphatic carbocycles. The summed E-state index contributed by atoms with van der Waals surface area (Å²) >= 11 is 0. The van der Waals surface area contributed by atoms with Gasteiger partial charge in [-0.1, -0.05) is 0 Å². The van der Waals surface area contributed by atoms with Crippen LogP contribution >= 0.6 is 0 Å². The maximum absolute atomic E-state index is 8.44. The second-order valence-electron chi connectivity index (χ2n) is 0.266. The Morgan fingerprint density at radius 3 is 1.67 bits per heavy atom. The molecular formula is CH5NO3V. The Labute approximate surface area is 46.6 Å². The van der Waals surface area contributed by atoms with E-state index in [2.05, 4.69) is 0 Å². The first-order valence-electron chi connectivity index (χ1n) is 0.632. The summed E-state index contributed by atoms with van der Waals surface area (Å²) in [4.78, 5) is 8.44. The van der Waals surface area contributed by atoms with Gasteiger partial charge in [0.2, 0.25) is 6.16 Å². The minimum Gasteiger partial charge on any atom is -0.565 e. The van der Waals surface area contributed by atoms with Gasteiger partial charge < -0.3 is 21.2 Å². The van der Waals surface area contributed by atoms with Gasteiger partial charge in [0.1, 0.15) is 0 Å². The van der Waals surface area contributed by atoms with Crippen LogP contribution in [0.1, 0.15) is 0 Å². The van der Waals surface area contributed by atoms with Gasteiger partial charge in [-0.2, -0.15) is 0 Å². The number of quaternary nitrogens is 1. The summed E-state index contributed by atoms with van der Waals surface area (Å²) in [6.45, 7) is 0. The number of hydrogen-bond donors (Lipinski definition) is 2. The Balaban J connectivity index is -0.0000000450. The molecule has 0 saturated carbocycles. The van der Waals surface area contributed by atoms with Gasteiger partial charge >= 0.3 is 0 Å². The second kappa shape index (κ2) is 8.84. The van der Waals surface area contributed by atoms with Crippen LogP contribution in [0, 0.1) is 0 Å². The van der Waals surface area contributed by atoms with Gasteiger partial charge in [-0.3, -0.25) is 0 Å². The smallest absolute Gasteiger partial charge is 0.249 e. The third kappa shape index (κ3) is 877. The van der Waals surface area contributed by atoms with Gasteiger partial charge in [0.25, 0.3) is 0 Å². The quantitative estimate of drug-likeness (QED) is 0.451. The van der Waals surface area contributed by atoms with Crippen LogP contribution in [-0.4, -0.2) is 11.3 Å². The average Bonchev–Trinajstić information content (AvgIpc) is 0.811. The predicted octanol–water partition coefficient (Wildman–Crippen LogP) is -0.739. The molecule has 4 nitrogen and oxygen atoms in total. The van der Waals surface area contributed by atoms with Gasteiger partial charge in [0, 0.05) is 18.6 Å². The fourth-order valence-corrected chi connectivity index (χ4v) is 0. The fraction of sp³-hybridized carbons (Fsp3) is 0. The molecular weight excluding hydrogens is 125 g/mol. The Morgan fingerprint density at radius 2 is 1.67 bits per heavy atom. The van der Waals surface area contributed by atoms with Gasteiger partial charge in [0.05, 0.1) is 0 Å². The molecule has 6 heavy (non-hydrogen) atoms. The molecule has 0 aliphatic heterocycles. The topological polar surface area (TPSA) is 96.9 Å². The van der Waals surface area contributed by atoms with Crippen LogP contribution in [0.4, 0.5) is 4.79 Å². The first-order chi connectivity index (χ1) is 1.73. The summed E-state index contributed by atoms with van der Waals surface area (Å²) in [5, 5.41) is 15.3. The van der Waals surface area contributed by atoms with E-state index < -0.39 is 6.16 Å². The van der Waals surface area contributed by atoms with Crippen LogP contribution in [0.15, 0.2) is 0 Å². The van der Waals surface area contributed by atoms with E-state index in [0.717, 1.165) is 0 Å². The minimum atomic E-state index is -2.08. The maximum Gasteiger partial charge on any atom is 0.249 e. The van der Waals surface area contributed by atoms with Gasteiger partial charge in [-0.15, -0.1) is 0 Å². The molecule has 0 atom stereocenters. The molecule has 0 bridgehead atoms. The Morgan fingerprint density at radius 1 is 1.67 bits per heavy atom. The summed E-state index contributed by atoms with van der Waals surface area (Å²) in [6, 6.07) is 0. The van der Waals surface area contributed by atoms with Crippen LogP contribution in [0.3, 0.4) is 0 Å². The van der Waals surface area contributed by atoms with Crippen LogP contribution in [0.25, 0.3) is 0 Å². The van der Waals surface area contributed by atoms with Crippen LogP contribution in [0.2, 0.25) is 0 Å². The fourth-order valence-electron chi connectivity index (χ4n) is 0. The van der Waals surface area contributed by atoms with Crippen molar-refractivity contribution in [1.29, 1.82) is 0 Å². The zero-order valence-corrected chi connectivity index (χ0v) is 4.61. The first-order valence-corrected chi connectivity index (χ1v) is 0.632. The standard InChI is InChI=1S/CH2O3.H3N.V/c2-1(3)4;;/h(H2,2,3,4);1H3;. The van der Waals surface area contributed by atoms with E-state index in [4.69, 9.17) is 15.0 Å². The second-order valence-corrected chi connectivity index (χ2v) is 0.266. The molecule has 0 rings (SSSR count). The average molecular weight is 130 g/mol. The van der Waals surface area contributed by atoms with Crippen LogP contribution < -0.4 is 11.3 Å². The zero-order chi connectivity index (χ0) is 3.58. The molecule has 0 amide bonds. The molecule has 0 aromatic rings. The van der Waals surface area contributed by atoms with Crippen molar-refractivity contribution >= 4 is 6.16 Å². The SMILES string of the molecule is O=C([O-])O.[NH4+].[V]. The summed E-state index contributed by atoms with van der Waals surface area (Å²) in [5.74, 6) is 0. The van der Waals surface area contributed by atoms with Gasteiger partial charge in [-0.05, 0) is 0 Å². The van der Waals surface area contributed by atoms with E-state index in [1.165, 1.54) is 0 Å². The van der Waals surface area contributed by atoms with Crippen LogP contribution in [0.5, 0.6) is 0 Å². The van der Waals surface area contributed by atoms with E-state index in [1.807, 2.05) is 0 Å². The number of rotatable bonds is 0. The summed E-state index contributed by atoms with van der Waals surface area (Å²) in [7, 11) is 0.